The normalized spacial score (nSPS) is 18.3. The first-order valence-corrected chi connectivity index (χ1v) is 8.50. The van der Waals surface area contributed by atoms with Crippen molar-refractivity contribution in [2.75, 3.05) is 0 Å². The zero-order valence-electron chi connectivity index (χ0n) is 10.7. The van der Waals surface area contributed by atoms with Crippen molar-refractivity contribution in [3.05, 3.63) is 0 Å². The van der Waals surface area contributed by atoms with Crippen molar-refractivity contribution in [3.63, 3.8) is 0 Å². The van der Waals surface area contributed by atoms with Crippen LogP contribution < -0.4 is 0 Å². The van der Waals surface area contributed by atoms with Crippen molar-refractivity contribution in [1.82, 2.24) is 0 Å². The molecule has 0 aromatic carbocycles. The number of aliphatic hydroxyl groups is 2. The molecule has 3 atom stereocenters. The van der Waals surface area contributed by atoms with E-state index in [1.807, 2.05) is 0 Å². The van der Waals surface area contributed by atoms with Crippen LogP contribution in [0.3, 0.4) is 0 Å². The van der Waals surface area contributed by atoms with Crippen LogP contribution >= 0.6 is 0 Å². The van der Waals surface area contributed by atoms with Crippen LogP contribution in [0.4, 0.5) is 4.39 Å². The van der Waals surface area contributed by atoms with Gasteiger partial charge in [-0.1, -0.05) is 33.9 Å². The molecule has 5 heteroatoms. The third-order valence-corrected chi connectivity index (χ3v) is 4.08. The predicted molar refractivity (Wildman–Crippen MR) is 64.9 cm³/mol. The molecule has 2 N–H and O–H groups in total. The van der Waals surface area contributed by atoms with Gasteiger partial charge in [-0.25, -0.2) is 4.39 Å². The Labute approximate surface area is 98.3 Å². The summed E-state index contributed by atoms with van der Waals surface area (Å²) in [4.78, 5) is 11.3. The highest BCUT2D eigenvalue weighted by Crippen LogP contribution is 2.24. The van der Waals surface area contributed by atoms with Gasteiger partial charge in [0.25, 0.3) is 0 Å². The fraction of sp³-hybridized carbons (Fsp3) is 0.909. The van der Waals surface area contributed by atoms with Crippen molar-refractivity contribution >= 4 is 14.2 Å². The molecule has 0 aliphatic heterocycles. The molecule has 0 radical (unpaired) electrons. The first-order chi connectivity index (χ1) is 7.07. The molecule has 0 aromatic heterocycles. The number of hydrogen-bond acceptors (Lipinski definition) is 3. The SMILES string of the molecule is C[SiH](C)C(=O)[C@H](F)C[C@H](O)C(O)C(C)(C)C. The van der Waals surface area contributed by atoms with Crippen molar-refractivity contribution in [2.45, 2.75) is 58.7 Å². The van der Waals surface area contributed by atoms with Gasteiger partial charge in [0.15, 0.2) is 6.17 Å². The van der Waals surface area contributed by atoms with Crippen LogP contribution in [-0.4, -0.2) is 42.8 Å². The minimum atomic E-state index is -1.66. The van der Waals surface area contributed by atoms with Gasteiger partial charge in [0.1, 0.15) is 14.2 Å². The largest absolute Gasteiger partial charge is 0.390 e. The first kappa shape index (κ1) is 15.7. The maximum atomic E-state index is 13.5. The van der Waals surface area contributed by atoms with Gasteiger partial charge < -0.3 is 15.0 Å². The Morgan fingerprint density at radius 1 is 1.31 bits per heavy atom. The summed E-state index contributed by atoms with van der Waals surface area (Å²) in [5.41, 5.74) is -0.516. The minimum absolute atomic E-state index is 0.303. The fourth-order valence-corrected chi connectivity index (χ4v) is 2.26. The zero-order chi connectivity index (χ0) is 13.1. The van der Waals surface area contributed by atoms with E-state index in [1.165, 1.54) is 0 Å². The molecule has 0 amide bonds. The van der Waals surface area contributed by atoms with E-state index in [9.17, 15) is 19.4 Å². The van der Waals surface area contributed by atoms with Gasteiger partial charge in [-0.3, -0.25) is 0 Å². The van der Waals surface area contributed by atoms with Crippen molar-refractivity contribution < 1.29 is 19.4 Å². The molecule has 0 rings (SSSR count). The van der Waals surface area contributed by atoms with Crippen molar-refractivity contribution in [3.8, 4) is 0 Å². The number of carbonyl (C=O) groups is 1. The van der Waals surface area contributed by atoms with E-state index >= 15 is 0 Å². The molecule has 0 aliphatic rings. The summed E-state index contributed by atoms with van der Waals surface area (Å²) in [6.07, 6.45) is -4.15. The first-order valence-electron chi connectivity index (χ1n) is 5.61. The summed E-state index contributed by atoms with van der Waals surface area (Å²) in [7, 11) is -1.66. The summed E-state index contributed by atoms with van der Waals surface area (Å²) in [6.45, 7) is 8.77. The molecular formula is C11H23FO3Si. The minimum Gasteiger partial charge on any atom is -0.390 e. The second-order valence-corrected chi connectivity index (χ2v) is 8.52. The lowest BCUT2D eigenvalue weighted by Gasteiger charge is -2.30. The molecule has 3 nitrogen and oxygen atoms in total. The summed E-state index contributed by atoms with van der Waals surface area (Å²) >= 11 is 0. The molecule has 0 aromatic rings. The topological polar surface area (TPSA) is 57.5 Å². The zero-order valence-corrected chi connectivity index (χ0v) is 11.9. The Hall–Kier alpha value is -0.263. The highest BCUT2D eigenvalue weighted by molar-refractivity contribution is 6.88. The third-order valence-electron chi connectivity index (χ3n) is 2.58. The summed E-state index contributed by atoms with van der Waals surface area (Å²) in [6, 6.07) is 0. The van der Waals surface area contributed by atoms with Crippen LogP contribution in [0.5, 0.6) is 0 Å². The van der Waals surface area contributed by atoms with Gasteiger partial charge in [0, 0.05) is 6.42 Å². The average molecular weight is 250 g/mol. The molecule has 0 saturated heterocycles. The molecule has 96 valence electrons. The maximum absolute atomic E-state index is 13.5. The number of aliphatic hydroxyl groups excluding tert-OH is 2. The van der Waals surface area contributed by atoms with Crippen LogP contribution in [0.2, 0.25) is 13.1 Å². The van der Waals surface area contributed by atoms with Crippen LogP contribution in [0, 0.1) is 5.41 Å². The molecule has 16 heavy (non-hydrogen) atoms. The van der Waals surface area contributed by atoms with Gasteiger partial charge in [-0.2, -0.15) is 0 Å². The molecule has 0 heterocycles. The number of rotatable bonds is 5. The van der Waals surface area contributed by atoms with E-state index in [0.717, 1.165) is 0 Å². The van der Waals surface area contributed by atoms with Gasteiger partial charge in [0.05, 0.1) is 12.2 Å². The van der Waals surface area contributed by atoms with Gasteiger partial charge in [-0.15, -0.1) is 0 Å². The summed E-state index contributed by atoms with van der Waals surface area (Å²) in [5.74, 6) is 0. The summed E-state index contributed by atoms with van der Waals surface area (Å²) in [5, 5.41) is 18.9. The number of alkyl halides is 1. The standard InChI is InChI=1S/C11H23FO3Si/c1-11(2,3)9(14)8(13)6-7(12)10(15)16(4)5/h7-9,13-14,16H,6H2,1-5H3/t7-,8+,9?/m1/s1. The summed E-state index contributed by atoms with van der Waals surface area (Å²) < 4.78 is 13.5. The van der Waals surface area contributed by atoms with E-state index in [1.54, 1.807) is 33.9 Å². The van der Waals surface area contributed by atoms with E-state index in [-0.39, 0.29) is 11.8 Å². The second-order valence-electron chi connectivity index (χ2n) is 5.64. The maximum Gasteiger partial charge on any atom is 0.156 e. The molecule has 0 saturated carbocycles. The van der Waals surface area contributed by atoms with Crippen LogP contribution in [0.25, 0.3) is 0 Å². The molecule has 0 fully saturated rings. The van der Waals surface area contributed by atoms with E-state index in [0.29, 0.717) is 0 Å². The van der Waals surface area contributed by atoms with Crippen LogP contribution in [0.1, 0.15) is 27.2 Å². The fourth-order valence-electron chi connectivity index (χ4n) is 1.40. The Kier molecular flexibility index (Phi) is 5.79. The van der Waals surface area contributed by atoms with Crippen molar-refractivity contribution in [2.24, 2.45) is 5.41 Å². The molecule has 0 spiro atoms. The molecular weight excluding hydrogens is 227 g/mol. The lowest BCUT2D eigenvalue weighted by atomic mass is 9.84. The average Bonchev–Trinajstić information content (AvgIpc) is 2.13. The van der Waals surface area contributed by atoms with Crippen LogP contribution in [0.15, 0.2) is 0 Å². The second kappa shape index (κ2) is 5.89. The predicted octanol–water partition coefficient (Wildman–Crippen LogP) is 1.08. The molecule has 0 bridgehead atoms. The highest BCUT2D eigenvalue weighted by Gasteiger charge is 2.33. The van der Waals surface area contributed by atoms with Crippen molar-refractivity contribution in [1.29, 1.82) is 0 Å². The smallest absolute Gasteiger partial charge is 0.156 e. The Bertz CT molecular complexity index is 238. The molecule has 1 unspecified atom stereocenters. The lowest BCUT2D eigenvalue weighted by Crippen LogP contribution is -2.41. The van der Waals surface area contributed by atoms with E-state index < -0.39 is 32.6 Å². The highest BCUT2D eigenvalue weighted by atomic mass is 28.3. The monoisotopic (exact) mass is 250 g/mol. The van der Waals surface area contributed by atoms with Gasteiger partial charge >= 0.3 is 0 Å². The Morgan fingerprint density at radius 2 is 1.75 bits per heavy atom. The Balaban J connectivity index is 4.35. The third kappa shape index (κ3) is 4.72. The van der Waals surface area contributed by atoms with Gasteiger partial charge in [0.2, 0.25) is 0 Å². The number of halogens is 1. The van der Waals surface area contributed by atoms with E-state index in [2.05, 4.69) is 0 Å². The Morgan fingerprint density at radius 3 is 2.06 bits per heavy atom. The molecule has 0 aliphatic carbocycles. The van der Waals surface area contributed by atoms with Gasteiger partial charge in [-0.05, 0) is 5.41 Å². The number of hydrogen-bond donors (Lipinski definition) is 2. The lowest BCUT2D eigenvalue weighted by molar-refractivity contribution is -0.119. The quantitative estimate of drug-likeness (QED) is 0.718. The van der Waals surface area contributed by atoms with E-state index in [4.69, 9.17) is 0 Å². The van der Waals surface area contributed by atoms with Crippen LogP contribution in [-0.2, 0) is 4.79 Å². The number of carbonyl (C=O) groups excluding carboxylic acids is 1.